The molecule has 2 unspecified atom stereocenters. The van der Waals surface area contributed by atoms with Crippen molar-refractivity contribution >= 4 is 19.8 Å². The molecule has 0 heterocycles. The molecule has 0 bridgehead atoms. The summed E-state index contributed by atoms with van der Waals surface area (Å²) in [5.74, 6) is -0.822. The minimum absolute atomic E-state index is 0.0498. The third-order valence-electron chi connectivity index (χ3n) is 16.0. The van der Waals surface area contributed by atoms with Crippen LogP contribution in [0.25, 0.3) is 0 Å². The van der Waals surface area contributed by atoms with Gasteiger partial charge in [0.15, 0.2) is 6.10 Å². The van der Waals surface area contributed by atoms with Gasteiger partial charge in [0.25, 0.3) is 0 Å². The van der Waals surface area contributed by atoms with Crippen LogP contribution in [0.1, 0.15) is 335 Å². The Balaban J connectivity index is 3.83. The van der Waals surface area contributed by atoms with Crippen LogP contribution in [0.15, 0.2) is 134 Å². The van der Waals surface area contributed by atoms with Crippen molar-refractivity contribution in [3.8, 4) is 0 Å². The van der Waals surface area contributed by atoms with Crippen LogP contribution >= 0.6 is 7.82 Å². The Labute approximate surface area is 561 Å². The summed E-state index contributed by atoms with van der Waals surface area (Å²) in [6, 6.07) is 0. The summed E-state index contributed by atoms with van der Waals surface area (Å²) in [5.41, 5.74) is 5.41. The molecular weight excluding hydrogens is 1150 g/mol. The zero-order valence-electron chi connectivity index (χ0n) is 58.8. The lowest BCUT2D eigenvalue weighted by atomic mass is 10.0. The number of ether oxygens (including phenoxy) is 2. The molecule has 0 aliphatic rings. The SMILES string of the molecule is CC/C=C\C/C=C\C/C=C\C/C=C\C/C=C\C/C=C\CCCCCCCCCCCCCCC(=O)OC(COC(=O)CCCCCCCCCCCCCCCCCCCCCCCCC/C=C\C/C=C\C/C=C\C/C=C\C/C=C\CC)COP(=O)(O)OCCN. The maximum Gasteiger partial charge on any atom is 0.472 e. The summed E-state index contributed by atoms with van der Waals surface area (Å²) < 4.78 is 33.2. The van der Waals surface area contributed by atoms with Crippen molar-refractivity contribution in [3.63, 3.8) is 0 Å². The number of phosphoric acid groups is 1. The second-order valence-electron chi connectivity index (χ2n) is 24.8. The van der Waals surface area contributed by atoms with Crippen LogP contribution in [-0.2, 0) is 32.7 Å². The van der Waals surface area contributed by atoms with Gasteiger partial charge in [0.1, 0.15) is 6.61 Å². The Hall–Kier alpha value is -3.85. The van der Waals surface area contributed by atoms with E-state index in [1.165, 1.54) is 193 Å². The number of allylic oxidation sites excluding steroid dienone is 22. The van der Waals surface area contributed by atoms with E-state index in [0.717, 1.165) is 109 Å². The van der Waals surface area contributed by atoms with Crippen molar-refractivity contribution in [1.82, 2.24) is 0 Å². The van der Waals surface area contributed by atoms with Crippen molar-refractivity contribution < 1.29 is 37.6 Å². The molecule has 0 aliphatic heterocycles. The van der Waals surface area contributed by atoms with E-state index < -0.39 is 26.5 Å². The molecule has 9 nitrogen and oxygen atoms in total. The first-order valence-electron chi connectivity index (χ1n) is 37.7. The van der Waals surface area contributed by atoms with Crippen molar-refractivity contribution in [1.29, 1.82) is 0 Å². The Bertz CT molecular complexity index is 1960. The first-order valence-corrected chi connectivity index (χ1v) is 39.2. The number of carbonyl (C=O) groups is 2. The van der Waals surface area contributed by atoms with Crippen molar-refractivity contribution in [3.05, 3.63) is 134 Å². The number of nitrogens with two attached hydrogens (primary N) is 1. The van der Waals surface area contributed by atoms with Gasteiger partial charge in [0.05, 0.1) is 13.2 Å². The van der Waals surface area contributed by atoms with E-state index in [9.17, 15) is 19.0 Å². The first kappa shape index (κ1) is 87.2. The highest BCUT2D eigenvalue weighted by Crippen LogP contribution is 2.43. The van der Waals surface area contributed by atoms with E-state index in [1.807, 2.05) is 0 Å². The molecule has 91 heavy (non-hydrogen) atoms. The topological polar surface area (TPSA) is 134 Å². The number of phosphoric ester groups is 1. The second-order valence-corrected chi connectivity index (χ2v) is 26.2. The highest BCUT2D eigenvalue weighted by molar-refractivity contribution is 7.47. The minimum Gasteiger partial charge on any atom is -0.462 e. The van der Waals surface area contributed by atoms with Gasteiger partial charge in [-0.05, 0) is 109 Å². The van der Waals surface area contributed by atoms with Crippen LogP contribution in [0.3, 0.4) is 0 Å². The van der Waals surface area contributed by atoms with E-state index >= 15 is 0 Å². The molecule has 10 heteroatoms. The van der Waals surface area contributed by atoms with E-state index in [0.29, 0.717) is 6.42 Å². The Morgan fingerprint density at radius 2 is 0.571 bits per heavy atom. The summed E-state index contributed by atoms with van der Waals surface area (Å²) in [7, 11) is -4.40. The normalized spacial score (nSPS) is 13.7. The third-order valence-corrected chi connectivity index (χ3v) is 17.0. The highest BCUT2D eigenvalue weighted by atomic mass is 31.2. The molecule has 0 rings (SSSR count). The lowest BCUT2D eigenvalue weighted by Gasteiger charge is -2.19. The van der Waals surface area contributed by atoms with Gasteiger partial charge in [0.2, 0.25) is 0 Å². The number of esters is 2. The maximum atomic E-state index is 12.8. The fourth-order valence-electron chi connectivity index (χ4n) is 10.6. The first-order chi connectivity index (χ1) is 44.8. The standard InChI is InChI=1S/C81H140NO8P/c1-3-5-7-9-11-13-15-17-19-21-23-25-27-29-31-33-35-36-37-38-39-40-41-42-44-45-47-49-51-53-55-57-59-61-63-65-67-69-71-73-80(83)87-77-79(78-89-91(85,86)88-76-75-82)90-81(84)74-72-70-68-66-64-62-60-58-56-54-52-50-48-46-43-34-32-30-28-26-24-22-20-18-16-14-12-10-8-6-4-2/h5-8,11-14,17-20,23-26,29-32,43,46,79H,3-4,9-10,15-16,21-22,27-28,33-42,44-45,47-78,82H2,1-2H3,(H,85,86)/b7-5-,8-6-,13-11-,14-12-,19-17-,20-18-,25-23-,26-24-,31-29-,32-30-,46-43-. The van der Waals surface area contributed by atoms with E-state index in [1.54, 1.807) is 0 Å². The van der Waals surface area contributed by atoms with Gasteiger partial charge in [-0.25, -0.2) is 4.57 Å². The van der Waals surface area contributed by atoms with Crippen LogP contribution in [0.4, 0.5) is 0 Å². The quantitative estimate of drug-likeness (QED) is 0.0264. The molecule has 0 amide bonds. The number of carbonyl (C=O) groups excluding carboxylic acids is 2. The number of hydrogen-bond acceptors (Lipinski definition) is 8. The van der Waals surface area contributed by atoms with Crippen LogP contribution in [0, 0.1) is 0 Å². The van der Waals surface area contributed by atoms with Crippen LogP contribution in [0.5, 0.6) is 0 Å². The van der Waals surface area contributed by atoms with E-state index in [4.69, 9.17) is 24.3 Å². The van der Waals surface area contributed by atoms with Gasteiger partial charge >= 0.3 is 19.8 Å². The predicted octanol–water partition coefficient (Wildman–Crippen LogP) is 25.2. The van der Waals surface area contributed by atoms with Gasteiger partial charge < -0.3 is 20.1 Å². The second kappa shape index (κ2) is 75.2. The minimum atomic E-state index is -4.40. The van der Waals surface area contributed by atoms with Crippen LogP contribution in [0.2, 0.25) is 0 Å². The van der Waals surface area contributed by atoms with Crippen molar-refractivity contribution in [2.75, 3.05) is 26.4 Å². The van der Waals surface area contributed by atoms with Crippen LogP contribution < -0.4 is 5.73 Å². The molecule has 0 aromatic heterocycles. The summed E-state index contributed by atoms with van der Waals surface area (Å²) in [4.78, 5) is 35.4. The Kier molecular flexibility index (Phi) is 72.0. The van der Waals surface area contributed by atoms with Gasteiger partial charge in [-0.2, -0.15) is 0 Å². The molecule has 0 saturated carbocycles. The monoisotopic (exact) mass is 1290 g/mol. The average Bonchev–Trinajstić information content (AvgIpc) is 3.71. The maximum absolute atomic E-state index is 12.8. The van der Waals surface area contributed by atoms with E-state index in [2.05, 4.69) is 148 Å². The van der Waals surface area contributed by atoms with Gasteiger partial charge in [0, 0.05) is 19.4 Å². The molecule has 0 aliphatic carbocycles. The molecule has 0 aromatic rings. The lowest BCUT2D eigenvalue weighted by molar-refractivity contribution is -0.161. The van der Waals surface area contributed by atoms with Crippen molar-refractivity contribution in [2.45, 2.75) is 341 Å². The fourth-order valence-corrected chi connectivity index (χ4v) is 11.3. The Morgan fingerprint density at radius 1 is 0.330 bits per heavy atom. The molecule has 0 fully saturated rings. The third kappa shape index (κ3) is 75.1. The number of unbranched alkanes of at least 4 members (excludes halogenated alkanes) is 35. The summed E-state index contributed by atoms with van der Waals surface area (Å²) >= 11 is 0. The smallest absolute Gasteiger partial charge is 0.462 e. The molecule has 0 spiro atoms. The fraction of sp³-hybridized carbons (Fsp3) is 0.704. The number of hydrogen-bond donors (Lipinski definition) is 2. The zero-order chi connectivity index (χ0) is 65.8. The molecular formula is C81H140NO8P. The molecule has 2 atom stereocenters. The van der Waals surface area contributed by atoms with E-state index in [-0.39, 0.29) is 38.6 Å². The Morgan fingerprint density at radius 3 is 0.846 bits per heavy atom. The van der Waals surface area contributed by atoms with Gasteiger partial charge in [-0.3, -0.25) is 18.6 Å². The number of rotatable bonds is 70. The molecule has 0 saturated heterocycles. The molecule has 522 valence electrons. The van der Waals surface area contributed by atoms with Crippen LogP contribution in [-0.4, -0.2) is 49.3 Å². The molecule has 3 N–H and O–H groups in total. The zero-order valence-corrected chi connectivity index (χ0v) is 59.7. The molecule has 0 radical (unpaired) electrons. The molecule has 0 aromatic carbocycles. The summed E-state index contributed by atoms with van der Waals surface area (Å²) in [6.45, 7) is 3.55. The highest BCUT2D eigenvalue weighted by Gasteiger charge is 2.26. The lowest BCUT2D eigenvalue weighted by Crippen LogP contribution is -2.29. The summed E-state index contributed by atoms with van der Waals surface area (Å²) in [6.07, 6.45) is 107. The summed E-state index contributed by atoms with van der Waals surface area (Å²) in [5, 5.41) is 0. The average molecular weight is 1290 g/mol. The predicted molar refractivity (Wildman–Crippen MR) is 394 cm³/mol. The van der Waals surface area contributed by atoms with Crippen molar-refractivity contribution in [2.24, 2.45) is 5.73 Å². The van der Waals surface area contributed by atoms with Gasteiger partial charge in [-0.1, -0.05) is 347 Å². The van der Waals surface area contributed by atoms with Gasteiger partial charge in [-0.15, -0.1) is 0 Å². The largest absolute Gasteiger partial charge is 0.472 e.